The van der Waals surface area contributed by atoms with Gasteiger partial charge >= 0.3 is 6.09 Å². The van der Waals surface area contributed by atoms with Gasteiger partial charge in [0.05, 0.1) is 38.8 Å². The van der Waals surface area contributed by atoms with Crippen molar-refractivity contribution in [3.8, 4) is 0 Å². The second-order valence-electron chi connectivity index (χ2n) is 12.8. The molecular formula is C30H47N9O13. The third-order valence-electron chi connectivity index (χ3n) is 8.92. The minimum Gasteiger partial charge on any atom is -0.448 e. The highest BCUT2D eigenvalue weighted by molar-refractivity contribution is 5.81. The van der Waals surface area contributed by atoms with Crippen LogP contribution in [0.15, 0.2) is 18.9 Å². The lowest BCUT2D eigenvalue weighted by Crippen LogP contribution is -2.68. The van der Waals surface area contributed by atoms with E-state index in [1.165, 1.54) is 13.3 Å². The van der Waals surface area contributed by atoms with Crippen molar-refractivity contribution in [2.24, 2.45) is 0 Å². The van der Waals surface area contributed by atoms with Crippen molar-refractivity contribution in [2.75, 3.05) is 32.2 Å². The molecule has 1 amide bonds. The number of aromatic nitrogens is 7. The lowest BCUT2D eigenvalue weighted by Gasteiger charge is -2.49. The summed E-state index contributed by atoms with van der Waals surface area (Å²) in [6.45, 7) is 1.23. The van der Waals surface area contributed by atoms with Crippen LogP contribution in [-0.4, -0.2) is 164 Å². The van der Waals surface area contributed by atoms with Crippen molar-refractivity contribution in [3.05, 3.63) is 24.5 Å². The van der Waals surface area contributed by atoms with Crippen LogP contribution in [0.1, 0.15) is 38.3 Å². The second kappa shape index (κ2) is 17.9. The third-order valence-corrected chi connectivity index (χ3v) is 8.92. The van der Waals surface area contributed by atoms with Gasteiger partial charge < -0.3 is 75.0 Å². The number of aliphatic hydroxyl groups excluding tert-OH is 6. The number of nitrogens with two attached hydrogens (primary N) is 1. The van der Waals surface area contributed by atoms with Gasteiger partial charge in [0.2, 0.25) is 0 Å². The van der Waals surface area contributed by atoms with E-state index < -0.39 is 80.2 Å². The zero-order valence-electron chi connectivity index (χ0n) is 28.5. The topological polar surface area (TPSA) is 317 Å². The summed E-state index contributed by atoms with van der Waals surface area (Å²) in [5.41, 5.74) is 5.35. The summed E-state index contributed by atoms with van der Waals surface area (Å²) in [5.74, 6) is 0.270. The number of anilines is 1. The molecule has 10 N–H and O–H groups in total. The van der Waals surface area contributed by atoms with E-state index in [0.29, 0.717) is 36.4 Å². The Morgan fingerprint density at radius 1 is 0.981 bits per heavy atom. The smallest absolute Gasteiger partial charge is 0.407 e. The lowest BCUT2D eigenvalue weighted by molar-refractivity contribution is -0.376. The summed E-state index contributed by atoms with van der Waals surface area (Å²) in [5, 5.41) is 82.6. The van der Waals surface area contributed by atoms with Crippen LogP contribution >= 0.6 is 0 Å². The van der Waals surface area contributed by atoms with Gasteiger partial charge in [-0.25, -0.2) is 19.7 Å². The zero-order chi connectivity index (χ0) is 37.4. The van der Waals surface area contributed by atoms with Gasteiger partial charge in [-0.2, -0.15) is 0 Å². The van der Waals surface area contributed by atoms with Crippen molar-refractivity contribution in [2.45, 2.75) is 113 Å². The number of carbonyl (C=O) groups excluding carboxylic acids is 1. The third kappa shape index (κ3) is 9.27. The number of unbranched alkanes of at least 4 members (excludes halogenated alkanes) is 3. The number of carbonyl (C=O) groups is 1. The minimum absolute atomic E-state index is 0.0843. The molecule has 4 unspecified atom stereocenters. The number of nitrogens with zero attached hydrogens (tertiary/aromatic N) is 7. The number of ether oxygens (including phenoxy) is 5. The molecule has 5 rings (SSSR count). The standard InChI is InChI=1S/C30H47N9O13/c1-30(47)24(45)23(52-27-22(44)21(43)20(42)17(12-40)50-27)18(13-41)51-28(30)48-8-5-3-2-4-6-39-11-16(36-37-39)10-32-29(46)49-9-7-38-15-35-19-25(31)33-14-34-26(19)38/h11,14-15,17-18,20-24,27-28,40-45,47H,2-10,12-13H2,1H3,(H,32,46)(H2,31,33,34)/t17?,18?,20-,21-,22?,23+,24-,27-,28+,30?/m0/s1. The first kappa shape index (κ1) is 39.5. The Labute approximate surface area is 297 Å². The number of hydrogen-bond donors (Lipinski definition) is 9. The predicted octanol–water partition coefficient (Wildman–Crippen LogP) is -3.48. The molecule has 0 radical (unpaired) electrons. The van der Waals surface area contributed by atoms with Crippen LogP contribution in [0.25, 0.3) is 11.2 Å². The summed E-state index contributed by atoms with van der Waals surface area (Å²) < 4.78 is 31.0. The lowest BCUT2D eigenvalue weighted by atomic mass is 9.87. The number of hydrogen-bond acceptors (Lipinski definition) is 19. The first-order chi connectivity index (χ1) is 24.9. The van der Waals surface area contributed by atoms with Crippen LogP contribution in [0.3, 0.4) is 0 Å². The van der Waals surface area contributed by atoms with E-state index >= 15 is 0 Å². The number of nitrogens with one attached hydrogen (secondary N) is 1. The van der Waals surface area contributed by atoms with Gasteiger partial charge in [-0.05, 0) is 19.8 Å². The average Bonchev–Trinajstić information content (AvgIpc) is 3.77. The predicted molar refractivity (Wildman–Crippen MR) is 173 cm³/mol. The Bertz CT molecular complexity index is 1580. The fraction of sp³-hybridized carbons (Fsp3) is 0.733. The van der Waals surface area contributed by atoms with Crippen LogP contribution < -0.4 is 11.1 Å². The van der Waals surface area contributed by atoms with E-state index in [4.69, 9.17) is 29.4 Å². The van der Waals surface area contributed by atoms with Gasteiger partial charge in [-0.15, -0.1) is 5.10 Å². The van der Waals surface area contributed by atoms with Crippen LogP contribution in [0.2, 0.25) is 0 Å². The Morgan fingerprint density at radius 3 is 2.52 bits per heavy atom. The largest absolute Gasteiger partial charge is 0.448 e. The number of amides is 1. The number of rotatable bonds is 17. The Hall–Kier alpha value is -3.68. The molecule has 2 aliphatic heterocycles. The van der Waals surface area contributed by atoms with Gasteiger partial charge in [0, 0.05) is 13.2 Å². The maximum atomic E-state index is 12.1. The van der Waals surface area contributed by atoms with Gasteiger partial charge in [0.25, 0.3) is 0 Å². The molecule has 22 heteroatoms. The first-order valence-corrected chi connectivity index (χ1v) is 16.9. The number of nitrogen functional groups attached to an aromatic ring is 1. The maximum Gasteiger partial charge on any atom is 0.407 e. The molecule has 52 heavy (non-hydrogen) atoms. The van der Waals surface area contributed by atoms with Crippen LogP contribution in [0, 0.1) is 0 Å². The molecule has 0 saturated carbocycles. The Morgan fingerprint density at radius 2 is 1.75 bits per heavy atom. The fourth-order valence-electron chi connectivity index (χ4n) is 5.86. The highest BCUT2D eigenvalue weighted by Gasteiger charge is 2.55. The van der Waals surface area contributed by atoms with Crippen molar-refractivity contribution >= 4 is 23.1 Å². The summed E-state index contributed by atoms with van der Waals surface area (Å²) in [6.07, 6.45) is -6.69. The fourth-order valence-corrected chi connectivity index (χ4v) is 5.86. The highest BCUT2D eigenvalue weighted by Crippen LogP contribution is 2.34. The SMILES string of the molecule is CC1(O)[C@H](OCCCCCCn2cc(CNC(=O)OCCn3cnc4c(N)ncnc43)nn2)OC(CO)[C@@H](O[C@@H]2OC(CO)[C@H](O)[C@H](O)C2O)[C@@H]1O. The molecular weight excluding hydrogens is 694 g/mol. The maximum absolute atomic E-state index is 12.1. The molecule has 3 aromatic heterocycles. The van der Waals surface area contributed by atoms with Gasteiger partial charge in [0.15, 0.2) is 24.0 Å². The molecule has 0 aliphatic carbocycles. The molecule has 0 aromatic carbocycles. The van der Waals surface area contributed by atoms with Crippen LogP contribution in [-0.2, 0) is 43.3 Å². The van der Waals surface area contributed by atoms with E-state index in [0.717, 1.165) is 19.3 Å². The summed E-state index contributed by atoms with van der Waals surface area (Å²) in [6, 6.07) is 0. The molecule has 0 bridgehead atoms. The van der Waals surface area contributed by atoms with E-state index in [-0.39, 0.29) is 25.6 Å². The molecule has 290 valence electrons. The van der Waals surface area contributed by atoms with E-state index in [2.05, 4.69) is 30.6 Å². The quantitative estimate of drug-likeness (QED) is 0.0607. The van der Waals surface area contributed by atoms with Crippen molar-refractivity contribution in [1.82, 2.24) is 39.8 Å². The van der Waals surface area contributed by atoms with Crippen LogP contribution in [0.5, 0.6) is 0 Å². The first-order valence-electron chi connectivity index (χ1n) is 16.9. The average molecular weight is 742 g/mol. The van der Waals surface area contributed by atoms with Crippen LogP contribution in [0.4, 0.5) is 10.6 Å². The van der Waals surface area contributed by atoms with E-state index in [1.807, 2.05) is 0 Å². The molecule has 2 saturated heterocycles. The number of aliphatic hydroxyl groups is 7. The number of fused-ring (bicyclic) bond motifs is 1. The molecule has 5 heterocycles. The number of aryl methyl sites for hydroxylation is 1. The highest BCUT2D eigenvalue weighted by atomic mass is 16.7. The zero-order valence-corrected chi connectivity index (χ0v) is 28.5. The van der Waals surface area contributed by atoms with E-state index in [1.54, 1.807) is 21.8 Å². The van der Waals surface area contributed by atoms with Crippen molar-refractivity contribution < 1.29 is 64.2 Å². The van der Waals surface area contributed by atoms with Gasteiger partial charge in [-0.1, -0.05) is 18.1 Å². The number of imidazole rings is 1. The minimum atomic E-state index is -2.01. The second-order valence-corrected chi connectivity index (χ2v) is 12.8. The molecule has 2 fully saturated rings. The van der Waals surface area contributed by atoms with Crippen molar-refractivity contribution in [1.29, 1.82) is 0 Å². The molecule has 3 aromatic rings. The summed E-state index contributed by atoms with van der Waals surface area (Å²) in [4.78, 5) is 24.3. The van der Waals surface area contributed by atoms with E-state index in [9.17, 15) is 40.5 Å². The van der Waals surface area contributed by atoms with Gasteiger partial charge in [-0.3, -0.25) is 4.68 Å². The monoisotopic (exact) mass is 741 g/mol. The molecule has 10 atom stereocenters. The summed E-state index contributed by atoms with van der Waals surface area (Å²) in [7, 11) is 0. The molecule has 2 aliphatic rings. The summed E-state index contributed by atoms with van der Waals surface area (Å²) >= 11 is 0. The normalized spacial score (nSPS) is 30.8. The van der Waals surface area contributed by atoms with Crippen molar-refractivity contribution in [3.63, 3.8) is 0 Å². The Kier molecular flexibility index (Phi) is 13.6. The Balaban J connectivity index is 0.959. The molecule has 0 spiro atoms. The van der Waals surface area contributed by atoms with Gasteiger partial charge in [0.1, 0.15) is 72.5 Å². The molecule has 22 nitrogen and oxygen atoms in total. The number of alkyl carbamates (subject to hydrolysis) is 1.